The number of hydrogen-bond donors (Lipinski definition) is 1. The van der Waals surface area contributed by atoms with Gasteiger partial charge in [0.1, 0.15) is 18.2 Å². The van der Waals surface area contributed by atoms with E-state index in [2.05, 4.69) is 10.4 Å². The highest BCUT2D eigenvalue weighted by Crippen LogP contribution is 2.28. The van der Waals surface area contributed by atoms with E-state index in [1.807, 2.05) is 45.0 Å². The van der Waals surface area contributed by atoms with Crippen LogP contribution >= 0.6 is 0 Å². The highest BCUT2D eigenvalue weighted by molar-refractivity contribution is 5.94. The summed E-state index contributed by atoms with van der Waals surface area (Å²) in [5, 5.41) is 6.62. The van der Waals surface area contributed by atoms with Crippen molar-refractivity contribution in [3.8, 4) is 5.75 Å². The van der Waals surface area contributed by atoms with Crippen LogP contribution in [0.1, 0.15) is 83.9 Å². The molecule has 0 aliphatic rings. The average molecular weight is 662 g/mol. The van der Waals surface area contributed by atoms with Crippen molar-refractivity contribution in [3.63, 3.8) is 0 Å². The summed E-state index contributed by atoms with van der Waals surface area (Å²) in [6.45, 7) is 11.5. The summed E-state index contributed by atoms with van der Waals surface area (Å²) in [5.41, 5.74) is 0.219. The molecule has 3 aromatic rings. The van der Waals surface area contributed by atoms with Crippen molar-refractivity contribution in [3.05, 3.63) is 92.9 Å². The number of nitrogens with one attached hydrogen (secondary N) is 1. The van der Waals surface area contributed by atoms with E-state index in [0.29, 0.717) is 0 Å². The van der Waals surface area contributed by atoms with Gasteiger partial charge in [-0.15, -0.1) is 0 Å². The molecule has 9 nitrogen and oxygen atoms in total. The van der Waals surface area contributed by atoms with Gasteiger partial charge in [-0.3, -0.25) is 19.2 Å². The third-order valence-electron chi connectivity index (χ3n) is 7.11. The first-order valence-corrected chi connectivity index (χ1v) is 15.0. The Bertz CT molecular complexity index is 1670. The molecule has 0 spiro atoms. The second kappa shape index (κ2) is 14.9. The molecule has 0 bridgehead atoms. The maximum atomic E-state index is 14.1. The van der Waals surface area contributed by atoms with Gasteiger partial charge in [-0.05, 0) is 49.8 Å². The van der Waals surface area contributed by atoms with Crippen LogP contribution in [0.5, 0.6) is 5.75 Å². The normalized spacial score (nSPS) is 13.1. The molecule has 1 N–H and O–H groups in total. The van der Waals surface area contributed by atoms with Gasteiger partial charge in [-0.1, -0.05) is 52.0 Å². The standard InChI is InChI=1S/C34H39F4N3O6/c1-8-20(21-13-14-39-41(32(21)45)17-19-11-9-10-12-22(19)33(2,3)4)31(44)40-25(16-27(43)47-34(5,6)7)26(42)18-46-30-28(37)23(35)15-24(36)29(30)38/h9-15,20,25H,8,16-18H2,1-7H3,(H,40,44). The largest absolute Gasteiger partial charge is 0.479 e. The third-order valence-corrected chi connectivity index (χ3v) is 7.11. The fraction of sp³-hybridized carbons (Fsp3) is 0.441. The first-order chi connectivity index (χ1) is 21.8. The second-order valence-electron chi connectivity index (χ2n) is 13.0. The van der Waals surface area contributed by atoms with Crippen LogP contribution in [-0.4, -0.2) is 45.7 Å². The van der Waals surface area contributed by atoms with Gasteiger partial charge in [0.25, 0.3) is 5.56 Å². The molecule has 0 aliphatic heterocycles. The number of nitrogens with zero attached hydrogens (tertiary/aromatic N) is 2. The Morgan fingerprint density at radius 1 is 0.957 bits per heavy atom. The number of amides is 1. The maximum Gasteiger partial charge on any atom is 0.308 e. The van der Waals surface area contributed by atoms with Gasteiger partial charge in [0.15, 0.2) is 23.2 Å². The summed E-state index contributed by atoms with van der Waals surface area (Å²) in [4.78, 5) is 53.0. The number of halogens is 4. The zero-order valence-corrected chi connectivity index (χ0v) is 27.4. The molecule has 1 amide bonds. The summed E-state index contributed by atoms with van der Waals surface area (Å²) in [6, 6.07) is 7.31. The maximum absolute atomic E-state index is 14.1. The predicted molar refractivity (Wildman–Crippen MR) is 165 cm³/mol. The number of ether oxygens (including phenoxy) is 2. The average Bonchev–Trinajstić information content (AvgIpc) is 2.96. The van der Waals surface area contributed by atoms with E-state index >= 15 is 0 Å². The van der Waals surface area contributed by atoms with Crippen LogP contribution in [0.4, 0.5) is 17.6 Å². The molecule has 1 aromatic heterocycles. The number of ketones is 1. The number of hydrogen-bond acceptors (Lipinski definition) is 7. The van der Waals surface area contributed by atoms with E-state index in [-0.39, 0.29) is 30.0 Å². The minimum atomic E-state index is -1.87. The molecule has 2 atom stereocenters. The van der Waals surface area contributed by atoms with Gasteiger partial charge >= 0.3 is 5.97 Å². The lowest BCUT2D eigenvalue weighted by atomic mass is 9.84. The van der Waals surface area contributed by atoms with Crippen molar-refractivity contribution in [1.82, 2.24) is 15.1 Å². The molecule has 0 aliphatic carbocycles. The first kappa shape index (κ1) is 36.9. The Kier molecular flexibility index (Phi) is 11.7. The fourth-order valence-corrected chi connectivity index (χ4v) is 4.93. The van der Waals surface area contributed by atoms with Crippen LogP contribution in [-0.2, 0) is 31.1 Å². The van der Waals surface area contributed by atoms with E-state index in [9.17, 15) is 36.7 Å². The van der Waals surface area contributed by atoms with E-state index < -0.39 is 82.8 Å². The Labute approximate surface area is 270 Å². The molecule has 47 heavy (non-hydrogen) atoms. The summed E-state index contributed by atoms with van der Waals surface area (Å²) in [5.74, 6) is -12.6. The van der Waals surface area contributed by atoms with Crippen molar-refractivity contribution >= 4 is 17.7 Å². The molecule has 1 heterocycles. The summed E-state index contributed by atoms with van der Waals surface area (Å²) in [6.07, 6.45) is 0.769. The molecule has 0 radical (unpaired) electrons. The number of aromatic nitrogens is 2. The van der Waals surface area contributed by atoms with Gasteiger partial charge < -0.3 is 14.8 Å². The molecule has 0 fully saturated rings. The second-order valence-corrected chi connectivity index (χ2v) is 13.0. The molecule has 2 aromatic carbocycles. The topological polar surface area (TPSA) is 117 Å². The number of rotatable bonds is 12. The van der Waals surface area contributed by atoms with Gasteiger partial charge in [0.2, 0.25) is 17.5 Å². The van der Waals surface area contributed by atoms with Crippen molar-refractivity contribution in [2.75, 3.05) is 6.61 Å². The Hall–Kier alpha value is -4.55. The zero-order chi connectivity index (χ0) is 35.3. The highest BCUT2D eigenvalue weighted by Gasteiger charge is 2.32. The smallest absolute Gasteiger partial charge is 0.308 e. The molecular formula is C34H39F4N3O6. The minimum absolute atomic E-state index is 0.0216. The van der Waals surface area contributed by atoms with E-state index in [1.165, 1.54) is 16.9 Å². The monoisotopic (exact) mass is 661 g/mol. The van der Waals surface area contributed by atoms with Crippen molar-refractivity contribution in [1.29, 1.82) is 0 Å². The quantitative estimate of drug-likeness (QED) is 0.155. The van der Waals surface area contributed by atoms with Crippen LogP contribution in [0, 0.1) is 23.3 Å². The summed E-state index contributed by atoms with van der Waals surface area (Å²) < 4.78 is 66.8. The SMILES string of the molecule is CCC(C(=O)NC(CC(=O)OC(C)(C)C)C(=O)COc1c(F)c(F)cc(F)c1F)c1ccnn(Cc2ccccc2C(C)(C)C)c1=O. The predicted octanol–water partition coefficient (Wildman–Crippen LogP) is 5.50. The minimum Gasteiger partial charge on any atom is -0.479 e. The van der Waals surface area contributed by atoms with Gasteiger partial charge in [0, 0.05) is 17.8 Å². The summed E-state index contributed by atoms with van der Waals surface area (Å²) in [7, 11) is 0. The Morgan fingerprint density at radius 3 is 2.15 bits per heavy atom. The molecule has 13 heteroatoms. The molecule has 2 unspecified atom stereocenters. The number of Topliss-reactive ketones (excluding diaryl/α,β-unsaturated/α-hetero) is 1. The van der Waals surface area contributed by atoms with Crippen molar-refractivity contribution in [2.24, 2.45) is 0 Å². The molecule has 254 valence electrons. The van der Waals surface area contributed by atoms with E-state index in [1.54, 1.807) is 27.7 Å². The van der Waals surface area contributed by atoms with Gasteiger partial charge in [-0.2, -0.15) is 13.9 Å². The lowest BCUT2D eigenvalue weighted by Crippen LogP contribution is -2.47. The number of carbonyl (C=O) groups is 3. The van der Waals surface area contributed by atoms with Crippen LogP contribution in [0.15, 0.2) is 47.4 Å². The van der Waals surface area contributed by atoms with Gasteiger partial charge in [-0.25, -0.2) is 13.5 Å². The molecule has 3 rings (SSSR count). The first-order valence-electron chi connectivity index (χ1n) is 15.0. The van der Waals surface area contributed by atoms with Crippen LogP contribution in [0.25, 0.3) is 0 Å². The molecular weight excluding hydrogens is 622 g/mol. The Balaban J connectivity index is 1.90. The number of carbonyl (C=O) groups excluding carboxylic acids is 3. The fourth-order valence-electron chi connectivity index (χ4n) is 4.93. The van der Waals surface area contributed by atoms with E-state index in [4.69, 9.17) is 9.47 Å². The van der Waals surface area contributed by atoms with Crippen molar-refractivity contribution < 1.29 is 41.4 Å². The highest BCUT2D eigenvalue weighted by atomic mass is 19.2. The van der Waals surface area contributed by atoms with Gasteiger partial charge in [0.05, 0.1) is 18.9 Å². The van der Waals surface area contributed by atoms with E-state index in [0.717, 1.165) is 11.1 Å². The number of benzene rings is 2. The van der Waals surface area contributed by atoms with Crippen molar-refractivity contribution in [2.45, 2.75) is 90.8 Å². The van der Waals surface area contributed by atoms with Crippen LogP contribution in [0.2, 0.25) is 0 Å². The Morgan fingerprint density at radius 2 is 1.57 bits per heavy atom. The van der Waals surface area contributed by atoms with Crippen LogP contribution in [0.3, 0.4) is 0 Å². The lowest BCUT2D eigenvalue weighted by molar-refractivity contribution is -0.156. The lowest BCUT2D eigenvalue weighted by Gasteiger charge is -2.24. The number of esters is 1. The van der Waals surface area contributed by atoms with Crippen LogP contribution < -0.4 is 15.6 Å². The molecule has 0 saturated carbocycles. The zero-order valence-electron chi connectivity index (χ0n) is 27.4. The third kappa shape index (κ3) is 9.49. The summed E-state index contributed by atoms with van der Waals surface area (Å²) >= 11 is 0. The molecule has 0 saturated heterocycles.